The standard InChI is InChI=1S/C15H18BFO4/c1-10-15(2,3)21-16(20-10)12-6-7-13(17)11(9-12)5-8-14(18)19-4/h6-7,9H,1,5,8H2,2-4H3. The van der Waals surface area contributed by atoms with Crippen molar-refractivity contribution in [2.45, 2.75) is 32.3 Å². The molecule has 1 aliphatic heterocycles. The van der Waals surface area contributed by atoms with E-state index in [4.69, 9.17) is 9.31 Å². The highest BCUT2D eigenvalue weighted by molar-refractivity contribution is 6.62. The molecular formula is C15H18BFO4. The average Bonchev–Trinajstić information content (AvgIpc) is 2.71. The van der Waals surface area contributed by atoms with Crippen molar-refractivity contribution in [1.82, 2.24) is 0 Å². The van der Waals surface area contributed by atoms with E-state index < -0.39 is 12.7 Å². The zero-order valence-corrected chi connectivity index (χ0v) is 12.4. The summed E-state index contributed by atoms with van der Waals surface area (Å²) in [5.41, 5.74) is 0.550. The maximum Gasteiger partial charge on any atom is 0.563 e. The summed E-state index contributed by atoms with van der Waals surface area (Å²) >= 11 is 0. The summed E-state index contributed by atoms with van der Waals surface area (Å²) in [7, 11) is 0.702. The van der Waals surface area contributed by atoms with E-state index in [0.717, 1.165) is 0 Å². The van der Waals surface area contributed by atoms with Gasteiger partial charge in [0.25, 0.3) is 0 Å². The maximum absolute atomic E-state index is 13.8. The lowest BCUT2D eigenvalue weighted by Gasteiger charge is -2.15. The SMILES string of the molecule is C=C1OB(c2ccc(F)c(CCC(=O)OC)c2)OC1(C)C. The highest BCUT2D eigenvalue weighted by Gasteiger charge is 2.42. The van der Waals surface area contributed by atoms with Gasteiger partial charge in [0.15, 0.2) is 0 Å². The summed E-state index contributed by atoms with van der Waals surface area (Å²) in [6.07, 6.45) is 0.394. The average molecular weight is 292 g/mol. The molecule has 0 aromatic heterocycles. The third-order valence-corrected chi connectivity index (χ3v) is 3.49. The number of carbonyl (C=O) groups excluding carboxylic acids is 1. The number of esters is 1. The number of carbonyl (C=O) groups is 1. The van der Waals surface area contributed by atoms with Gasteiger partial charge in [-0.25, -0.2) is 4.39 Å². The Morgan fingerprint density at radius 2 is 2.19 bits per heavy atom. The Labute approximate surface area is 124 Å². The second-order valence-electron chi connectivity index (χ2n) is 5.43. The number of rotatable bonds is 4. The Kier molecular flexibility index (Phi) is 4.37. The molecule has 0 amide bonds. The zero-order valence-electron chi connectivity index (χ0n) is 12.4. The lowest BCUT2D eigenvalue weighted by atomic mass is 9.78. The van der Waals surface area contributed by atoms with Crippen LogP contribution in [0.1, 0.15) is 25.8 Å². The molecule has 1 saturated heterocycles. The van der Waals surface area contributed by atoms with Crippen LogP contribution in [0.15, 0.2) is 30.5 Å². The first-order valence-corrected chi connectivity index (χ1v) is 6.72. The Morgan fingerprint density at radius 3 is 2.76 bits per heavy atom. The van der Waals surface area contributed by atoms with E-state index in [1.165, 1.54) is 13.2 Å². The fourth-order valence-electron chi connectivity index (χ4n) is 2.04. The van der Waals surface area contributed by atoms with Gasteiger partial charge in [0.05, 0.1) is 12.9 Å². The van der Waals surface area contributed by atoms with Crippen LogP contribution in [0, 0.1) is 5.82 Å². The first-order valence-electron chi connectivity index (χ1n) is 6.72. The first kappa shape index (κ1) is 15.6. The van der Waals surface area contributed by atoms with Crippen LogP contribution in [0.3, 0.4) is 0 Å². The zero-order chi connectivity index (χ0) is 15.6. The molecule has 0 N–H and O–H groups in total. The molecule has 1 heterocycles. The van der Waals surface area contributed by atoms with Gasteiger partial charge in [-0.1, -0.05) is 18.7 Å². The highest BCUT2D eigenvalue weighted by atomic mass is 19.1. The summed E-state index contributed by atoms with van der Waals surface area (Å²) in [5, 5.41) is 0. The van der Waals surface area contributed by atoms with Crippen LogP contribution < -0.4 is 5.46 Å². The molecule has 112 valence electrons. The Bertz CT molecular complexity index is 571. The monoisotopic (exact) mass is 292 g/mol. The minimum absolute atomic E-state index is 0.126. The minimum Gasteiger partial charge on any atom is -0.534 e. The fraction of sp³-hybridized carbons (Fsp3) is 0.400. The molecule has 0 bridgehead atoms. The van der Waals surface area contributed by atoms with Gasteiger partial charge in [-0.2, -0.15) is 0 Å². The van der Waals surface area contributed by atoms with Crippen molar-refractivity contribution in [3.8, 4) is 0 Å². The van der Waals surface area contributed by atoms with Gasteiger partial charge < -0.3 is 14.0 Å². The molecule has 1 aliphatic rings. The molecule has 2 rings (SSSR count). The van der Waals surface area contributed by atoms with Gasteiger partial charge in [0.2, 0.25) is 0 Å². The summed E-state index contributed by atoms with van der Waals surface area (Å²) in [6.45, 7) is 7.53. The topological polar surface area (TPSA) is 44.8 Å². The van der Waals surface area contributed by atoms with Crippen molar-refractivity contribution in [2.24, 2.45) is 0 Å². The van der Waals surface area contributed by atoms with Crippen LogP contribution in [0.25, 0.3) is 0 Å². The largest absolute Gasteiger partial charge is 0.563 e. The molecule has 6 heteroatoms. The third kappa shape index (κ3) is 3.45. The normalized spacial score (nSPS) is 16.8. The van der Waals surface area contributed by atoms with Gasteiger partial charge in [0.1, 0.15) is 11.4 Å². The predicted octanol–water partition coefficient (Wildman–Crippen LogP) is 1.97. The van der Waals surface area contributed by atoms with E-state index >= 15 is 0 Å². The van der Waals surface area contributed by atoms with Gasteiger partial charge >= 0.3 is 13.1 Å². The molecule has 0 aliphatic carbocycles. The summed E-state index contributed by atoms with van der Waals surface area (Å²) < 4.78 is 29.7. The minimum atomic E-state index is -0.607. The van der Waals surface area contributed by atoms with Gasteiger partial charge in [-0.05, 0) is 37.4 Å². The molecule has 0 saturated carbocycles. The first-order chi connectivity index (χ1) is 9.83. The fourth-order valence-corrected chi connectivity index (χ4v) is 2.04. The molecule has 21 heavy (non-hydrogen) atoms. The van der Waals surface area contributed by atoms with Gasteiger partial charge in [-0.3, -0.25) is 4.79 Å². The number of aryl methyl sites for hydroxylation is 1. The van der Waals surface area contributed by atoms with Gasteiger partial charge in [0, 0.05) is 6.42 Å². The van der Waals surface area contributed by atoms with E-state index in [-0.39, 0.29) is 24.6 Å². The predicted molar refractivity (Wildman–Crippen MR) is 77.5 cm³/mol. The molecule has 0 radical (unpaired) electrons. The van der Waals surface area contributed by atoms with Crippen molar-refractivity contribution in [3.63, 3.8) is 0 Å². The molecule has 0 spiro atoms. The van der Waals surface area contributed by atoms with Crippen molar-refractivity contribution in [1.29, 1.82) is 0 Å². The number of hydrogen-bond acceptors (Lipinski definition) is 4. The van der Waals surface area contributed by atoms with E-state index in [2.05, 4.69) is 11.3 Å². The van der Waals surface area contributed by atoms with Crippen LogP contribution in [0.2, 0.25) is 0 Å². The number of benzene rings is 1. The maximum atomic E-state index is 13.8. The summed E-state index contributed by atoms with van der Waals surface area (Å²) in [5.74, 6) is -0.200. The third-order valence-electron chi connectivity index (χ3n) is 3.49. The van der Waals surface area contributed by atoms with Crippen LogP contribution in [0.4, 0.5) is 4.39 Å². The second-order valence-corrected chi connectivity index (χ2v) is 5.43. The second kappa shape index (κ2) is 5.89. The van der Waals surface area contributed by atoms with E-state index in [1.807, 2.05) is 13.8 Å². The summed E-state index contributed by atoms with van der Waals surface area (Å²) in [6, 6.07) is 4.61. The van der Waals surface area contributed by atoms with Crippen molar-refractivity contribution in [2.75, 3.05) is 7.11 Å². The van der Waals surface area contributed by atoms with Gasteiger partial charge in [-0.15, -0.1) is 0 Å². The van der Waals surface area contributed by atoms with Crippen molar-refractivity contribution in [3.05, 3.63) is 41.9 Å². The molecule has 0 unspecified atom stereocenters. The quantitative estimate of drug-likeness (QED) is 0.628. The van der Waals surface area contributed by atoms with E-state index in [1.54, 1.807) is 12.1 Å². The number of halogens is 1. The lowest BCUT2D eigenvalue weighted by molar-refractivity contribution is -0.140. The van der Waals surface area contributed by atoms with Crippen LogP contribution >= 0.6 is 0 Å². The molecule has 4 nitrogen and oxygen atoms in total. The van der Waals surface area contributed by atoms with Crippen LogP contribution in [0.5, 0.6) is 0 Å². The van der Waals surface area contributed by atoms with Crippen molar-refractivity contribution < 1.29 is 23.2 Å². The summed E-state index contributed by atoms with van der Waals surface area (Å²) in [4.78, 5) is 11.2. The number of ether oxygens (including phenoxy) is 1. The highest BCUT2D eigenvalue weighted by Crippen LogP contribution is 2.29. The lowest BCUT2D eigenvalue weighted by Crippen LogP contribution is -2.34. The molecule has 1 aromatic rings. The molecule has 1 fully saturated rings. The van der Waals surface area contributed by atoms with Crippen LogP contribution in [-0.2, 0) is 25.3 Å². The van der Waals surface area contributed by atoms with E-state index in [0.29, 0.717) is 16.8 Å². The number of hydrogen-bond donors (Lipinski definition) is 0. The van der Waals surface area contributed by atoms with Crippen molar-refractivity contribution >= 4 is 18.6 Å². The Balaban J connectivity index is 2.15. The van der Waals surface area contributed by atoms with E-state index in [9.17, 15) is 9.18 Å². The van der Waals surface area contributed by atoms with Crippen LogP contribution in [-0.4, -0.2) is 25.8 Å². The number of methoxy groups -OCH3 is 1. The molecule has 1 aromatic carbocycles. The molecule has 0 atom stereocenters. The Hall–Kier alpha value is -1.82. The Morgan fingerprint density at radius 1 is 1.48 bits per heavy atom. The smallest absolute Gasteiger partial charge is 0.534 e. The molecular weight excluding hydrogens is 274 g/mol.